The second kappa shape index (κ2) is 10.9. The summed E-state index contributed by atoms with van der Waals surface area (Å²) in [6.45, 7) is 0.180. The highest BCUT2D eigenvalue weighted by Gasteiger charge is 2.25. The lowest BCUT2D eigenvalue weighted by Crippen LogP contribution is -2.31. The van der Waals surface area contributed by atoms with Crippen molar-refractivity contribution in [3.63, 3.8) is 0 Å². The highest BCUT2D eigenvalue weighted by molar-refractivity contribution is 7.91. The van der Waals surface area contributed by atoms with E-state index in [1.54, 1.807) is 56.9 Å². The van der Waals surface area contributed by atoms with Crippen LogP contribution >= 0.6 is 11.3 Å². The fraction of sp³-hybridized carbons (Fsp3) is 0.240. The molecule has 4 aromatic rings. The van der Waals surface area contributed by atoms with Crippen LogP contribution in [-0.4, -0.2) is 51.4 Å². The van der Waals surface area contributed by atoms with Crippen molar-refractivity contribution in [1.82, 2.24) is 9.97 Å². The van der Waals surface area contributed by atoms with Gasteiger partial charge in [-0.15, -0.1) is 0 Å². The van der Waals surface area contributed by atoms with Gasteiger partial charge in [0.15, 0.2) is 15.0 Å². The molecule has 0 aliphatic heterocycles. The minimum absolute atomic E-state index is 0.129. The molecular weight excluding hydrogens is 502 g/mol. The smallest absolute Gasteiger partial charge is 0.230 e. The molecular formula is C25H25N3O6S2. The van der Waals surface area contributed by atoms with Gasteiger partial charge in [0.1, 0.15) is 27.5 Å². The molecule has 2 aromatic heterocycles. The van der Waals surface area contributed by atoms with Crippen LogP contribution in [-0.2, 0) is 21.2 Å². The second-order valence-corrected chi connectivity index (χ2v) is 10.8. The van der Waals surface area contributed by atoms with E-state index < -0.39 is 9.84 Å². The molecule has 0 spiro atoms. The quantitative estimate of drug-likeness (QED) is 0.303. The van der Waals surface area contributed by atoms with E-state index in [1.165, 1.54) is 35.5 Å². The number of methoxy groups -OCH3 is 3. The van der Waals surface area contributed by atoms with E-state index in [-0.39, 0.29) is 29.5 Å². The summed E-state index contributed by atoms with van der Waals surface area (Å²) in [7, 11) is 0.922. The minimum atomic E-state index is -3.69. The van der Waals surface area contributed by atoms with Gasteiger partial charge in [-0.25, -0.2) is 13.4 Å². The number of thiazole rings is 1. The number of ether oxygens (including phenoxy) is 3. The van der Waals surface area contributed by atoms with Crippen molar-refractivity contribution < 1.29 is 27.4 Å². The average molecular weight is 528 g/mol. The van der Waals surface area contributed by atoms with Gasteiger partial charge in [0.2, 0.25) is 5.91 Å². The average Bonchev–Trinajstić information content (AvgIpc) is 3.35. The van der Waals surface area contributed by atoms with Crippen LogP contribution < -0.4 is 19.1 Å². The van der Waals surface area contributed by atoms with Gasteiger partial charge in [-0.05, 0) is 48.0 Å². The molecule has 11 heteroatoms. The van der Waals surface area contributed by atoms with E-state index in [9.17, 15) is 13.2 Å². The van der Waals surface area contributed by atoms with Crippen LogP contribution in [0.15, 0.2) is 65.8 Å². The Morgan fingerprint density at radius 1 is 0.972 bits per heavy atom. The standard InChI is InChI=1S/C25H25N3O6S2/c1-32-18-6-8-19(9-7-18)36(30,31)14-12-22(29)28(16-17-5-4-13-26-15-17)25-27-23-20(33-2)10-11-21(34-3)24(23)35-25/h4-11,13,15H,12,14,16H2,1-3H3. The number of amides is 1. The first-order valence-corrected chi connectivity index (χ1v) is 13.4. The zero-order valence-electron chi connectivity index (χ0n) is 20.0. The third-order valence-electron chi connectivity index (χ3n) is 5.50. The lowest BCUT2D eigenvalue weighted by atomic mass is 10.2. The van der Waals surface area contributed by atoms with Crippen LogP contribution in [0.1, 0.15) is 12.0 Å². The minimum Gasteiger partial charge on any atom is -0.497 e. The van der Waals surface area contributed by atoms with Gasteiger partial charge in [-0.1, -0.05) is 17.4 Å². The fourth-order valence-corrected chi connectivity index (χ4v) is 5.90. The molecule has 2 aromatic carbocycles. The van der Waals surface area contributed by atoms with E-state index in [0.29, 0.717) is 27.9 Å². The summed E-state index contributed by atoms with van der Waals surface area (Å²) in [5.74, 6) is 0.969. The summed E-state index contributed by atoms with van der Waals surface area (Å²) in [4.78, 5) is 23.8. The molecule has 188 valence electrons. The Bertz CT molecular complexity index is 1410. The SMILES string of the molecule is COc1ccc(S(=O)(=O)CCC(=O)N(Cc2cccnc2)c2nc3c(OC)ccc(OC)c3s2)cc1. The van der Waals surface area contributed by atoms with Crippen molar-refractivity contribution in [3.05, 3.63) is 66.5 Å². The van der Waals surface area contributed by atoms with Gasteiger partial charge in [-0.3, -0.25) is 14.7 Å². The molecule has 1 amide bonds. The highest BCUT2D eigenvalue weighted by Crippen LogP contribution is 2.40. The Morgan fingerprint density at radius 2 is 1.69 bits per heavy atom. The molecule has 0 saturated carbocycles. The maximum Gasteiger partial charge on any atom is 0.230 e. The summed E-state index contributed by atoms with van der Waals surface area (Å²) in [6.07, 6.45) is 3.08. The lowest BCUT2D eigenvalue weighted by molar-refractivity contribution is -0.118. The van der Waals surface area contributed by atoms with Gasteiger partial charge in [0.05, 0.1) is 38.5 Å². The van der Waals surface area contributed by atoms with E-state index in [1.807, 2.05) is 6.07 Å². The Hall–Kier alpha value is -3.70. The molecule has 4 rings (SSSR count). The van der Waals surface area contributed by atoms with Gasteiger partial charge < -0.3 is 14.2 Å². The Labute approximate surface area is 213 Å². The molecule has 2 heterocycles. The fourth-order valence-electron chi connectivity index (χ4n) is 3.58. The number of aromatic nitrogens is 2. The number of carbonyl (C=O) groups is 1. The molecule has 0 N–H and O–H groups in total. The van der Waals surface area contributed by atoms with Crippen molar-refractivity contribution >= 4 is 42.4 Å². The van der Waals surface area contributed by atoms with Gasteiger partial charge in [0.25, 0.3) is 0 Å². The van der Waals surface area contributed by atoms with Gasteiger partial charge >= 0.3 is 0 Å². The Morgan fingerprint density at radius 3 is 2.33 bits per heavy atom. The summed E-state index contributed by atoms with van der Waals surface area (Å²) >= 11 is 1.27. The molecule has 0 unspecified atom stereocenters. The van der Waals surface area contributed by atoms with E-state index in [4.69, 9.17) is 14.2 Å². The van der Waals surface area contributed by atoms with E-state index >= 15 is 0 Å². The van der Waals surface area contributed by atoms with Crippen molar-refractivity contribution in [2.24, 2.45) is 0 Å². The number of carbonyl (C=O) groups excluding carboxylic acids is 1. The van der Waals surface area contributed by atoms with Crippen LogP contribution in [0.3, 0.4) is 0 Å². The first kappa shape index (κ1) is 25.4. The summed E-state index contributed by atoms with van der Waals surface area (Å²) in [6, 6.07) is 13.2. The van der Waals surface area contributed by atoms with Crippen LogP contribution in [0.25, 0.3) is 10.2 Å². The van der Waals surface area contributed by atoms with Crippen LogP contribution in [0.2, 0.25) is 0 Å². The zero-order valence-corrected chi connectivity index (χ0v) is 21.6. The van der Waals surface area contributed by atoms with Crippen LogP contribution in [0.4, 0.5) is 5.13 Å². The van der Waals surface area contributed by atoms with Gasteiger partial charge in [0, 0.05) is 18.8 Å². The monoisotopic (exact) mass is 527 g/mol. The Kier molecular flexibility index (Phi) is 7.70. The third-order valence-corrected chi connectivity index (χ3v) is 8.32. The molecule has 0 saturated heterocycles. The zero-order chi connectivity index (χ0) is 25.7. The summed E-state index contributed by atoms with van der Waals surface area (Å²) in [5.41, 5.74) is 1.34. The maximum absolute atomic E-state index is 13.4. The number of anilines is 1. The molecule has 0 aliphatic rings. The highest BCUT2D eigenvalue weighted by atomic mass is 32.2. The maximum atomic E-state index is 13.4. The number of benzene rings is 2. The number of rotatable bonds is 10. The predicted octanol–water partition coefficient (Wildman–Crippen LogP) is 4.11. The van der Waals surface area contributed by atoms with E-state index in [2.05, 4.69) is 9.97 Å². The second-order valence-electron chi connectivity index (χ2n) is 7.73. The molecule has 0 aliphatic carbocycles. The number of hydrogen-bond acceptors (Lipinski definition) is 9. The lowest BCUT2D eigenvalue weighted by Gasteiger charge is -2.20. The number of hydrogen-bond donors (Lipinski definition) is 0. The van der Waals surface area contributed by atoms with Crippen molar-refractivity contribution in [2.75, 3.05) is 32.0 Å². The Balaban J connectivity index is 1.65. The van der Waals surface area contributed by atoms with E-state index in [0.717, 1.165) is 10.3 Å². The van der Waals surface area contributed by atoms with Crippen molar-refractivity contribution in [3.8, 4) is 17.2 Å². The summed E-state index contributed by atoms with van der Waals surface area (Å²) < 4.78 is 42.5. The molecule has 36 heavy (non-hydrogen) atoms. The largest absolute Gasteiger partial charge is 0.497 e. The molecule has 0 fully saturated rings. The molecule has 0 bridgehead atoms. The molecule has 0 atom stereocenters. The molecule has 9 nitrogen and oxygen atoms in total. The van der Waals surface area contributed by atoms with Crippen LogP contribution in [0, 0.1) is 0 Å². The third kappa shape index (κ3) is 5.42. The number of nitrogens with zero attached hydrogens (tertiary/aromatic N) is 3. The topological polar surface area (TPSA) is 108 Å². The van der Waals surface area contributed by atoms with Gasteiger partial charge in [-0.2, -0.15) is 0 Å². The number of sulfone groups is 1. The van der Waals surface area contributed by atoms with Crippen molar-refractivity contribution in [2.45, 2.75) is 17.9 Å². The number of pyridine rings is 1. The molecule has 0 radical (unpaired) electrons. The number of fused-ring (bicyclic) bond motifs is 1. The normalized spacial score (nSPS) is 11.3. The first-order chi connectivity index (χ1) is 17.4. The van der Waals surface area contributed by atoms with Crippen LogP contribution in [0.5, 0.6) is 17.2 Å². The summed E-state index contributed by atoms with van der Waals surface area (Å²) in [5, 5.41) is 0.406. The van der Waals surface area contributed by atoms with Crippen molar-refractivity contribution in [1.29, 1.82) is 0 Å². The first-order valence-electron chi connectivity index (χ1n) is 10.9. The predicted molar refractivity (Wildman–Crippen MR) is 138 cm³/mol.